The second-order valence-electron chi connectivity index (χ2n) is 6.95. The van der Waals surface area contributed by atoms with Gasteiger partial charge in [-0.05, 0) is 18.9 Å². The molecule has 4 rings (SSSR count). The van der Waals surface area contributed by atoms with Gasteiger partial charge in [-0.1, -0.05) is 13.8 Å². The summed E-state index contributed by atoms with van der Waals surface area (Å²) in [5.74, 6) is 3.27. The molecular weight excluding hydrogens is 326 g/mol. The minimum absolute atomic E-state index is 0.325. The molecule has 1 saturated heterocycles. The van der Waals surface area contributed by atoms with Gasteiger partial charge in [0.15, 0.2) is 5.82 Å². The Kier molecular flexibility index (Phi) is 4.60. The van der Waals surface area contributed by atoms with Crippen molar-refractivity contribution in [1.29, 1.82) is 0 Å². The molecule has 3 aromatic heterocycles. The third-order valence-electron chi connectivity index (χ3n) is 4.75. The predicted molar refractivity (Wildman–Crippen MR) is 99.5 cm³/mol. The van der Waals surface area contributed by atoms with Crippen molar-refractivity contribution in [2.75, 3.05) is 18.0 Å². The summed E-state index contributed by atoms with van der Waals surface area (Å²) in [4.78, 5) is 24.8. The van der Waals surface area contributed by atoms with Gasteiger partial charge in [0.2, 0.25) is 5.95 Å². The van der Waals surface area contributed by atoms with Crippen LogP contribution in [0.3, 0.4) is 0 Å². The zero-order valence-corrected chi connectivity index (χ0v) is 15.2. The topological polar surface area (TPSA) is 72.6 Å². The lowest BCUT2D eigenvalue weighted by atomic mass is 9.95. The van der Waals surface area contributed by atoms with Gasteiger partial charge in [-0.3, -0.25) is 9.55 Å². The summed E-state index contributed by atoms with van der Waals surface area (Å²) in [6.45, 7) is 6.11. The maximum absolute atomic E-state index is 4.90. The summed E-state index contributed by atoms with van der Waals surface area (Å²) in [6.07, 6.45) is 13.2. The number of piperidine rings is 1. The van der Waals surface area contributed by atoms with E-state index in [2.05, 4.69) is 38.7 Å². The van der Waals surface area contributed by atoms with Gasteiger partial charge in [0.25, 0.3) is 0 Å². The fraction of sp³-hybridized carbons (Fsp3) is 0.421. The third-order valence-corrected chi connectivity index (χ3v) is 4.75. The number of aromatic nitrogens is 6. The van der Waals surface area contributed by atoms with Crippen LogP contribution in [0.15, 0.2) is 43.2 Å². The SMILES string of the molecule is CC(C)c1nccn1-c1cncc([C@H]2CCCN(c3ncccn3)C2)n1. The molecule has 1 atom stereocenters. The molecule has 4 heterocycles. The van der Waals surface area contributed by atoms with Crippen LogP contribution >= 0.6 is 0 Å². The van der Waals surface area contributed by atoms with E-state index in [9.17, 15) is 0 Å². The first kappa shape index (κ1) is 16.6. The van der Waals surface area contributed by atoms with Crippen LogP contribution in [0.1, 0.15) is 50.0 Å². The Balaban J connectivity index is 1.59. The first-order valence-electron chi connectivity index (χ1n) is 9.10. The monoisotopic (exact) mass is 349 g/mol. The van der Waals surface area contributed by atoms with E-state index < -0.39 is 0 Å². The first-order chi connectivity index (χ1) is 12.7. The average molecular weight is 349 g/mol. The van der Waals surface area contributed by atoms with E-state index >= 15 is 0 Å². The van der Waals surface area contributed by atoms with Gasteiger partial charge in [0, 0.05) is 55.9 Å². The smallest absolute Gasteiger partial charge is 0.225 e. The normalized spacial score (nSPS) is 17.7. The molecule has 1 aliphatic heterocycles. The Bertz CT molecular complexity index is 859. The molecule has 3 aromatic rings. The van der Waals surface area contributed by atoms with Gasteiger partial charge in [-0.2, -0.15) is 0 Å². The Morgan fingerprint density at radius 3 is 2.73 bits per heavy atom. The zero-order valence-electron chi connectivity index (χ0n) is 15.2. The number of anilines is 1. The van der Waals surface area contributed by atoms with Crippen LogP contribution in [0.2, 0.25) is 0 Å². The standard InChI is InChI=1S/C19H23N7/c1-14(2)18-21-8-10-26(18)17-12-20-11-16(24-17)15-5-3-9-25(13-15)19-22-6-4-7-23-19/h4,6-8,10-12,14-15H,3,5,9,13H2,1-2H3/t15-/m0/s1. The Labute approximate surface area is 153 Å². The third kappa shape index (κ3) is 3.29. The Morgan fingerprint density at radius 1 is 1.08 bits per heavy atom. The van der Waals surface area contributed by atoms with E-state index in [1.165, 1.54) is 0 Å². The second-order valence-corrected chi connectivity index (χ2v) is 6.95. The molecule has 0 amide bonds. The molecule has 1 fully saturated rings. The molecule has 0 unspecified atom stereocenters. The molecule has 1 aliphatic rings. The summed E-state index contributed by atoms with van der Waals surface area (Å²) in [6, 6.07) is 1.84. The van der Waals surface area contributed by atoms with E-state index in [1.807, 2.05) is 29.2 Å². The molecule has 7 nitrogen and oxygen atoms in total. The Hall–Kier alpha value is -2.83. The van der Waals surface area contributed by atoms with Gasteiger partial charge in [0.05, 0.1) is 11.9 Å². The average Bonchev–Trinajstić information content (AvgIpc) is 3.19. The fourth-order valence-corrected chi connectivity index (χ4v) is 3.47. The van der Waals surface area contributed by atoms with Gasteiger partial charge >= 0.3 is 0 Å². The van der Waals surface area contributed by atoms with E-state index in [1.54, 1.807) is 18.6 Å². The molecular formula is C19H23N7. The van der Waals surface area contributed by atoms with E-state index in [-0.39, 0.29) is 0 Å². The second kappa shape index (κ2) is 7.19. The van der Waals surface area contributed by atoms with Crippen molar-refractivity contribution in [3.05, 3.63) is 54.8 Å². The number of hydrogen-bond acceptors (Lipinski definition) is 6. The minimum Gasteiger partial charge on any atom is -0.340 e. The van der Waals surface area contributed by atoms with E-state index in [0.29, 0.717) is 11.8 Å². The summed E-state index contributed by atoms with van der Waals surface area (Å²) in [5.41, 5.74) is 1.02. The summed E-state index contributed by atoms with van der Waals surface area (Å²) in [7, 11) is 0. The predicted octanol–water partition coefficient (Wildman–Crippen LogP) is 2.96. The van der Waals surface area contributed by atoms with Crippen LogP contribution in [0, 0.1) is 0 Å². The molecule has 0 spiro atoms. The van der Waals surface area contributed by atoms with E-state index in [4.69, 9.17) is 4.98 Å². The molecule has 0 radical (unpaired) electrons. The quantitative estimate of drug-likeness (QED) is 0.721. The molecule has 0 saturated carbocycles. The molecule has 0 bridgehead atoms. The van der Waals surface area contributed by atoms with Crippen molar-refractivity contribution in [2.24, 2.45) is 0 Å². The first-order valence-corrected chi connectivity index (χ1v) is 9.10. The molecule has 0 aromatic carbocycles. The summed E-state index contributed by atoms with van der Waals surface area (Å²) in [5, 5.41) is 0. The van der Waals surface area contributed by atoms with Crippen LogP contribution in [-0.2, 0) is 0 Å². The van der Waals surface area contributed by atoms with Gasteiger partial charge in [-0.25, -0.2) is 19.9 Å². The van der Waals surface area contributed by atoms with Crippen LogP contribution in [-0.4, -0.2) is 42.6 Å². The lowest BCUT2D eigenvalue weighted by molar-refractivity contribution is 0.493. The van der Waals surface area contributed by atoms with Crippen LogP contribution < -0.4 is 4.90 Å². The van der Waals surface area contributed by atoms with Crippen molar-refractivity contribution in [2.45, 2.75) is 38.5 Å². The summed E-state index contributed by atoms with van der Waals surface area (Å²) >= 11 is 0. The molecule has 26 heavy (non-hydrogen) atoms. The number of hydrogen-bond donors (Lipinski definition) is 0. The van der Waals surface area contributed by atoms with Gasteiger partial charge in [0.1, 0.15) is 5.82 Å². The number of imidazole rings is 1. The zero-order chi connectivity index (χ0) is 17.9. The van der Waals surface area contributed by atoms with Crippen LogP contribution in [0.25, 0.3) is 5.82 Å². The largest absolute Gasteiger partial charge is 0.340 e. The lowest BCUT2D eigenvalue weighted by Crippen LogP contribution is -2.35. The van der Waals surface area contributed by atoms with Crippen molar-refractivity contribution in [3.8, 4) is 5.82 Å². The van der Waals surface area contributed by atoms with Crippen LogP contribution in [0.4, 0.5) is 5.95 Å². The highest BCUT2D eigenvalue weighted by Gasteiger charge is 2.24. The molecule has 0 aliphatic carbocycles. The fourth-order valence-electron chi connectivity index (χ4n) is 3.47. The maximum atomic E-state index is 4.90. The minimum atomic E-state index is 0.325. The maximum Gasteiger partial charge on any atom is 0.225 e. The highest BCUT2D eigenvalue weighted by molar-refractivity contribution is 5.32. The Morgan fingerprint density at radius 2 is 1.92 bits per heavy atom. The molecule has 134 valence electrons. The molecule has 0 N–H and O–H groups in total. The highest BCUT2D eigenvalue weighted by Crippen LogP contribution is 2.27. The molecule has 7 heteroatoms. The van der Waals surface area contributed by atoms with E-state index in [0.717, 1.165) is 49.2 Å². The number of nitrogens with zero attached hydrogens (tertiary/aromatic N) is 7. The summed E-state index contributed by atoms with van der Waals surface area (Å²) < 4.78 is 2.03. The van der Waals surface area contributed by atoms with Gasteiger partial charge < -0.3 is 4.90 Å². The van der Waals surface area contributed by atoms with Crippen LogP contribution in [0.5, 0.6) is 0 Å². The van der Waals surface area contributed by atoms with Crippen molar-refractivity contribution < 1.29 is 0 Å². The van der Waals surface area contributed by atoms with Crippen molar-refractivity contribution in [1.82, 2.24) is 29.5 Å². The lowest BCUT2D eigenvalue weighted by Gasteiger charge is -2.32. The van der Waals surface area contributed by atoms with Crippen molar-refractivity contribution >= 4 is 5.95 Å². The van der Waals surface area contributed by atoms with Crippen molar-refractivity contribution in [3.63, 3.8) is 0 Å². The highest BCUT2D eigenvalue weighted by atomic mass is 15.3. The number of rotatable bonds is 4. The van der Waals surface area contributed by atoms with Gasteiger partial charge in [-0.15, -0.1) is 0 Å².